The quantitative estimate of drug-likeness (QED) is 0.0827. The van der Waals surface area contributed by atoms with Gasteiger partial charge in [0.2, 0.25) is 0 Å². The van der Waals surface area contributed by atoms with Gasteiger partial charge in [-0.25, -0.2) is 80.4 Å². The molecule has 0 saturated carbocycles. The summed E-state index contributed by atoms with van der Waals surface area (Å²) in [5, 5.41) is 24.2. The van der Waals surface area contributed by atoms with Crippen LogP contribution in [0, 0.1) is 53.4 Å². The van der Waals surface area contributed by atoms with E-state index in [1.165, 1.54) is 19.4 Å². The molecule has 0 amide bonds. The Morgan fingerprint density at radius 1 is 0.553 bits per heavy atom. The molecule has 0 bridgehead atoms. The Morgan fingerprint density at radius 2 is 0.842 bits per heavy atom. The molecule has 30 heteroatoms. The molecule has 4 aromatic heterocycles. The molecule has 4 aromatic carbocycles. The third kappa shape index (κ3) is 26.0. The van der Waals surface area contributed by atoms with Gasteiger partial charge >= 0.3 is 17.1 Å². The summed E-state index contributed by atoms with van der Waals surface area (Å²) in [5.41, 5.74) is 8.84. The second kappa shape index (κ2) is 34.3. The summed E-state index contributed by atoms with van der Waals surface area (Å²) in [5.74, 6) is 4.29. The molecular formula is C46H58Cl3FeN12O14+. The largest absolute Gasteiger partial charge is 4.00 e. The number of nitrogens with one attached hydrogen (secondary N) is 1. The number of fused-ring (bicyclic) bond motifs is 4. The molecule has 414 valence electrons. The first-order chi connectivity index (χ1) is 34.7. The second-order valence-electron chi connectivity index (χ2n) is 15.4. The predicted molar refractivity (Wildman–Crippen MR) is 236 cm³/mol. The summed E-state index contributed by atoms with van der Waals surface area (Å²) in [6.07, 6.45) is 1.86. The minimum atomic E-state index is -4.94. The molecule has 8 rings (SSSR count). The number of para-hydroxylation sites is 8. The molecule has 0 atom stereocenters. The molecule has 0 aliphatic heterocycles. The van der Waals surface area contributed by atoms with Crippen LogP contribution in [0.1, 0.15) is 56.9 Å². The van der Waals surface area contributed by atoms with E-state index in [-0.39, 0.29) is 29.2 Å². The van der Waals surface area contributed by atoms with Gasteiger partial charge in [0.1, 0.15) is 24.0 Å². The van der Waals surface area contributed by atoms with Crippen LogP contribution in [-0.2, 0) is 71.4 Å². The normalized spacial score (nSPS) is 10.8. The molecule has 76 heavy (non-hydrogen) atoms. The van der Waals surface area contributed by atoms with E-state index in [1.54, 1.807) is 12.1 Å². The zero-order valence-corrected chi connectivity index (χ0v) is 45.7. The van der Waals surface area contributed by atoms with E-state index in [1.807, 2.05) is 6.92 Å². The van der Waals surface area contributed by atoms with E-state index in [0.717, 1.165) is 94.4 Å². The number of benzene rings is 4. The fourth-order valence-electron chi connectivity index (χ4n) is 7.08. The molecule has 0 aliphatic rings. The maximum absolute atomic E-state index is 9.53. The average molecular weight is 1170 g/mol. The van der Waals surface area contributed by atoms with Gasteiger partial charge in [-0.2, -0.15) is 10.5 Å². The first-order valence-electron chi connectivity index (χ1n) is 21.8. The Hall–Kier alpha value is -5.51. The number of hydrogen-bond acceptors (Lipinski definition) is 20. The van der Waals surface area contributed by atoms with Crippen LogP contribution in [0.4, 0.5) is 0 Å². The fourth-order valence-corrected chi connectivity index (χ4v) is 7.08. The molecular weight excluding hydrogens is 1110 g/mol. The van der Waals surface area contributed by atoms with Crippen LogP contribution in [0.15, 0.2) is 97.1 Å². The van der Waals surface area contributed by atoms with E-state index in [0.29, 0.717) is 19.6 Å². The van der Waals surface area contributed by atoms with Crippen LogP contribution in [0.2, 0.25) is 0 Å². The van der Waals surface area contributed by atoms with Crippen LogP contribution in [0.3, 0.4) is 0 Å². The Bertz CT molecular complexity index is 2630. The average Bonchev–Trinajstić information content (AvgIpc) is 4.01. The number of aromatic nitrogens is 8. The maximum Gasteiger partial charge on any atom is 4.00 e. The first kappa shape index (κ1) is 70.5. The van der Waals surface area contributed by atoms with Crippen LogP contribution < -0.4 is 65.6 Å². The molecule has 0 saturated heterocycles. The van der Waals surface area contributed by atoms with Crippen LogP contribution >= 0.6 is 0 Å². The first-order valence-corrected chi connectivity index (χ1v) is 25.5. The van der Waals surface area contributed by atoms with Crippen molar-refractivity contribution in [2.45, 2.75) is 59.8 Å². The summed E-state index contributed by atoms with van der Waals surface area (Å²) in [7, 11) is -6.33. The number of imidazole rings is 4. The van der Waals surface area contributed by atoms with Gasteiger partial charge in [0.15, 0.2) is 11.0 Å². The number of unbranched alkanes of at least 4 members (excludes halogenated alkanes) is 1. The number of H-pyrrole nitrogens is 1. The SMILES string of the molecule is CC#N.CC#N.CCCC[O-].Cn1c(CN(CCN(Cc2nc3ccccc3n2C)Cc2[nH]c3ccccc3[n+]2C)Cc2nc3ccccc3n2C)nc2ccccc21.O.[Fe+4].[O-][Cl+3]([O-])([O-])[O-].[O-][Cl+3]([O-])([O-])[O-].[O-][Cl+3]([O-])([O-])[O-]. The van der Waals surface area contributed by atoms with Crippen molar-refractivity contribution in [1.82, 2.24) is 43.4 Å². The molecule has 4 heterocycles. The van der Waals surface area contributed by atoms with Crippen molar-refractivity contribution in [3.63, 3.8) is 0 Å². The monoisotopic (exact) mass is 1160 g/mol. The van der Waals surface area contributed by atoms with Gasteiger partial charge in [-0.05, 0) is 48.5 Å². The van der Waals surface area contributed by atoms with E-state index >= 15 is 0 Å². The number of nitriles is 2. The molecule has 8 aromatic rings. The number of hydrogen-bond donors (Lipinski definition) is 1. The van der Waals surface area contributed by atoms with E-state index in [2.05, 4.69) is 158 Å². The second-order valence-corrected chi connectivity index (χ2v) is 17.7. The zero-order chi connectivity index (χ0) is 55.8. The number of rotatable bonds is 13. The standard InChI is InChI=1S/C38H40N10.C4H9O.2C2H3N.3ClHO4.Fe.H2O/c1-43-31-17-9-5-13-27(31)39-35(43)23-47(24-36-40-28-14-6-10-18-32(28)44(36)2)21-22-48(25-37-41-29-15-7-11-19-33(29)45(37)3)26-38-42-30-16-8-12-20-34(30)46(38)4;1-2-3-4-5;2*1-2-3;3*2-1(3,4)5;;/h5-20H,21-26H2,1-4H3;2-4H2,1H3;2*1H3;3*(H,2,3,4,5);;1H2/q;-1;;;;;;+4;/p-2. The van der Waals surface area contributed by atoms with Crippen LogP contribution in [0.25, 0.3) is 44.1 Å². The van der Waals surface area contributed by atoms with E-state index in [4.69, 9.17) is 81.4 Å². The van der Waals surface area contributed by atoms with Gasteiger partial charge in [0, 0.05) is 48.1 Å². The van der Waals surface area contributed by atoms with Crippen molar-refractivity contribution in [3.8, 4) is 12.1 Å². The van der Waals surface area contributed by atoms with Crippen molar-refractivity contribution in [2.24, 2.45) is 28.2 Å². The predicted octanol–water partition coefficient (Wildman–Crippen LogP) is -8.53. The van der Waals surface area contributed by atoms with Gasteiger partial charge in [0.05, 0.1) is 71.9 Å². The van der Waals surface area contributed by atoms with E-state index < -0.39 is 30.7 Å². The molecule has 0 spiro atoms. The number of nitrogens with zero attached hydrogens (tertiary/aromatic N) is 11. The third-order valence-electron chi connectivity index (χ3n) is 10.3. The van der Waals surface area contributed by atoms with Gasteiger partial charge in [-0.1, -0.05) is 68.3 Å². The van der Waals surface area contributed by atoms with Crippen molar-refractivity contribution in [1.29, 1.82) is 10.5 Å². The molecule has 0 fully saturated rings. The molecule has 3 N–H and O–H groups in total. The summed E-state index contributed by atoms with van der Waals surface area (Å²) in [6.45, 7) is 9.48. The summed E-state index contributed by atoms with van der Waals surface area (Å²) in [6, 6.07) is 37.1. The Morgan fingerprint density at radius 3 is 1.12 bits per heavy atom. The summed E-state index contributed by atoms with van der Waals surface area (Å²) < 4.78 is 111. The zero-order valence-electron chi connectivity index (χ0n) is 42.3. The Balaban J connectivity index is 0.00000168. The molecule has 0 aliphatic carbocycles. The number of aryl methyl sites for hydroxylation is 4. The molecule has 0 radical (unpaired) electrons. The van der Waals surface area contributed by atoms with Crippen molar-refractivity contribution in [2.75, 3.05) is 19.7 Å². The van der Waals surface area contributed by atoms with Crippen LogP contribution in [-0.4, -0.2) is 68.6 Å². The Labute approximate surface area is 455 Å². The number of halogens is 3. The number of aromatic amines is 1. The van der Waals surface area contributed by atoms with E-state index in [9.17, 15) is 5.11 Å². The van der Waals surface area contributed by atoms with Gasteiger partial charge in [-0.15, -0.1) is 37.3 Å². The third-order valence-corrected chi connectivity index (χ3v) is 10.3. The smallest absolute Gasteiger partial charge is 0.854 e. The molecule has 0 unspecified atom stereocenters. The summed E-state index contributed by atoms with van der Waals surface area (Å²) >= 11 is 0. The minimum Gasteiger partial charge on any atom is -0.854 e. The van der Waals surface area contributed by atoms with Crippen LogP contribution in [0.5, 0.6) is 0 Å². The Kier molecular flexibility index (Phi) is 31.8. The maximum atomic E-state index is 9.53. The van der Waals surface area contributed by atoms with Crippen molar-refractivity contribution >= 4 is 44.1 Å². The topological polar surface area (TPSA) is 458 Å². The van der Waals surface area contributed by atoms with Gasteiger partial charge in [-0.3, -0.25) is 9.80 Å². The van der Waals surface area contributed by atoms with Gasteiger partial charge < -0.3 is 24.3 Å². The van der Waals surface area contributed by atoms with Gasteiger partial charge in [0.25, 0.3) is 5.82 Å². The fraction of sp³-hybridized carbons (Fsp3) is 0.348. The molecule has 26 nitrogen and oxygen atoms in total. The van der Waals surface area contributed by atoms with Crippen molar-refractivity contribution in [3.05, 3.63) is 120 Å². The summed E-state index contributed by atoms with van der Waals surface area (Å²) in [4.78, 5) is 23.8. The minimum absolute atomic E-state index is 0. The van der Waals surface area contributed by atoms with Crippen molar-refractivity contribution < 1.29 is 119 Å².